The average molecular weight is 471 g/mol. The van der Waals surface area contributed by atoms with Gasteiger partial charge in [0.15, 0.2) is 0 Å². The van der Waals surface area contributed by atoms with Crippen LogP contribution in [0.2, 0.25) is 0 Å². The molecule has 0 spiro atoms. The monoisotopic (exact) mass is 470 g/mol. The lowest BCUT2D eigenvalue weighted by atomic mass is 10.2. The number of sulfonamides is 1. The fourth-order valence-corrected chi connectivity index (χ4v) is 6.17. The highest BCUT2D eigenvalue weighted by Gasteiger charge is 2.31. The SMILES string of the molecule is O=C(CCCc1nc2ccccc2[nH]1)N1CCN(S(=O)(=O)c2cccc3nsnc23)CC1. The molecular formula is C21H22N6O3S2. The van der Waals surface area contributed by atoms with Crippen LogP contribution in [0.3, 0.4) is 0 Å². The van der Waals surface area contributed by atoms with Gasteiger partial charge < -0.3 is 9.88 Å². The minimum atomic E-state index is -3.69. The minimum Gasteiger partial charge on any atom is -0.342 e. The summed E-state index contributed by atoms with van der Waals surface area (Å²) in [5, 5.41) is 0. The van der Waals surface area contributed by atoms with Crippen molar-refractivity contribution in [3.63, 3.8) is 0 Å². The summed E-state index contributed by atoms with van der Waals surface area (Å²) >= 11 is 0.998. The lowest BCUT2D eigenvalue weighted by Gasteiger charge is -2.34. The third kappa shape index (κ3) is 3.98. The Bertz CT molecular complexity index is 1340. The van der Waals surface area contributed by atoms with Crippen LogP contribution in [-0.4, -0.2) is 68.4 Å². The normalized spacial score (nSPS) is 15.6. The van der Waals surface area contributed by atoms with Gasteiger partial charge in [-0.1, -0.05) is 18.2 Å². The summed E-state index contributed by atoms with van der Waals surface area (Å²) in [4.78, 5) is 22.4. The van der Waals surface area contributed by atoms with E-state index in [-0.39, 0.29) is 23.9 Å². The van der Waals surface area contributed by atoms with Crippen molar-refractivity contribution < 1.29 is 13.2 Å². The van der Waals surface area contributed by atoms with E-state index in [0.717, 1.165) is 28.6 Å². The van der Waals surface area contributed by atoms with Gasteiger partial charge in [0, 0.05) is 39.0 Å². The molecule has 9 nitrogen and oxygen atoms in total. The summed E-state index contributed by atoms with van der Waals surface area (Å²) in [5.74, 6) is 0.921. The Balaban J connectivity index is 1.16. The highest BCUT2D eigenvalue weighted by molar-refractivity contribution is 7.89. The standard InChI is InChI=1S/C21H22N6O3S2/c28-20(10-4-9-19-22-15-5-1-2-6-16(15)23-19)26-11-13-27(14-12-26)32(29,30)18-8-3-7-17-21(18)25-31-24-17/h1-3,5-8H,4,9-14H2,(H,22,23). The van der Waals surface area contributed by atoms with Crippen molar-refractivity contribution >= 4 is 49.7 Å². The molecular weight excluding hydrogens is 448 g/mol. The number of para-hydroxylation sites is 2. The van der Waals surface area contributed by atoms with E-state index in [2.05, 4.69) is 18.7 Å². The van der Waals surface area contributed by atoms with Crippen LogP contribution in [0, 0.1) is 0 Å². The predicted octanol–water partition coefficient (Wildman–Crippen LogP) is 2.42. The Morgan fingerprint density at radius 1 is 1.00 bits per heavy atom. The number of H-pyrrole nitrogens is 1. The molecule has 4 aromatic rings. The molecule has 32 heavy (non-hydrogen) atoms. The zero-order valence-electron chi connectivity index (χ0n) is 17.3. The van der Waals surface area contributed by atoms with Crippen LogP contribution in [0.5, 0.6) is 0 Å². The first-order valence-electron chi connectivity index (χ1n) is 10.5. The van der Waals surface area contributed by atoms with Crippen LogP contribution in [0.1, 0.15) is 18.7 Å². The molecule has 3 heterocycles. The average Bonchev–Trinajstić information content (AvgIpc) is 3.45. The summed E-state index contributed by atoms with van der Waals surface area (Å²) in [6.45, 7) is 1.30. The van der Waals surface area contributed by atoms with Gasteiger partial charge in [0.2, 0.25) is 15.9 Å². The topological polar surface area (TPSA) is 112 Å². The summed E-state index contributed by atoms with van der Waals surface area (Å²) in [6, 6.07) is 12.8. The van der Waals surface area contributed by atoms with Gasteiger partial charge in [0.25, 0.3) is 0 Å². The maximum absolute atomic E-state index is 13.1. The Morgan fingerprint density at radius 2 is 1.78 bits per heavy atom. The lowest BCUT2D eigenvalue weighted by Crippen LogP contribution is -2.50. The second-order valence-electron chi connectivity index (χ2n) is 7.73. The van der Waals surface area contributed by atoms with Crippen LogP contribution in [0.15, 0.2) is 47.4 Å². The van der Waals surface area contributed by atoms with E-state index in [0.29, 0.717) is 43.4 Å². The zero-order chi connectivity index (χ0) is 22.1. The van der Waals surface area contributed by atoms with Crippen molar-refractivity contribution in [1.29, 1.82) is 0 Å². The van der Waals surface area contributed by atoms with E-state index in [1.807, 2.05) is 24.3 Å². The summed E-state index contributed by atoms with van der Waals surface area (Å²) < 4.78 is 36.0. The molecule has 2 aromatic carbocycles. The molecule has 0 bridgehead atoms. The number of carbonyl (C=O) groups excluding carboxylic acids is 1. The molecule has 0 unspecified atom stereocenters. The highest BCUT2D eigenvalue weighted by Crippen LogP contribution is 2.25. The van der Waals surface area contributed by atoms with Gasteiger partial charge in [-0.2, -0.15) is 13.1 Å². The number of hydrogen-bond donors (Lipinski definition) is 1. The molecule has 1 fully saturated rings. The fourth-order valence-electron chi connectivity index (χ4n) is 4.00. The predicted molar refractivity (Wildman–Crippen MR) is 122 cm³/mol. The number of benzene rings is 2. The molecule has 1 aliphatic rings. The number of amides is 1. The molecule has 1 saturated heterocycles. The largest absolute Gasteiger partial charge is 0.342 e. The van der Waals surface area contributed by atoms with Gasteiger partial charge in [0.1, 0.15) is 21.8 Å². The van der Waals surface area contributed by atoms with Crippen molar-refractivity contribution in [3.8, 4) is 0 Å². The minimum absolute atomic E-state index is 0.0453. The molecule has 0 aliphatic carbocycles. The molecule has 166 valence electrons. The fraction of sp³-hybridized carbons (Fsp3) is 0.333. The maximum Gasteiger partial charge on any atom is 0.245 e. The molecule has 0 saturated carbocycles. The van der Waals surface area contributed by atoms with E-state index in [9.17, 15) is 13.2 Å². The van der Waals surface area contributed by atoms with Crippen molar-refractivity contribution in [3.05, 3.63) is 48.3 Å². The number of hydrogen-bond acceptors (Lipinski definition) is 7. The highest BCUT2D eigenvalue weighted by atomic mass is 32.2. The third-order valence-electron chi connectivity index (χ3n) is 5.70. The molecule has 1 amide bonds. The molecule has 11 heteroatoms. The molecule has 0 radical (unpaired) electrons. The molecule has 5 rings (SSSR count). The quantitative estimate of drug-likeness (QED) is 0.463. The van der Waals surface area contributed by atoms with Crippen LogP contribution in [0.4, 0.5) is 0 Å². The Morgan fingerprint density at radius 3 is 2.59 bits per heavy atom. The number of imidazole rings is 1. The molecule has 1 N–H and O–H groups in total. The van der Waals surface area contributed by atoms with Crippen molar-refractivity contribution in [1.82, 2.24) is 27.9 Å². The summed E-state index contributed by atoms with van der Waals surface area (Å²) in [6.07, 6.45) is 1.80. The number of carbonyl (C=O) groups is 1. The second kappa shape index (κ2) is 8.57. The van der Waals surface area contributed by atoms with Gasteiger partial charge in [-0.05, 0) is 30.7 Å². The Hall–Kier alpha value is -2.89. The van der Waals surface area contributed by atoms with Gasteiger partial charge >= 0.3 is 0 Å². The number of fused-ring (bicyclic) bond motifs is 2. The van der Waals surface area contributed by atoms with Crippen LogP contribution in [0.25, 0.3) is 22.1 Å². The zero-order valence-corrected chi connectivity index (χ0v) is 18.9. The van der Waals surface area contributed by atoms with Gasteiger partial charge in [-0.15, -0.1) is 0 Å². The maximum atomic E-state index is 13.1. The van der Waals surface area contributed by atoms with Crippen LogP contribution >= 0.6 is 11.7 Å². The van der Waals surface area contributed by atoms with Crippen molar-refractivity contribution in [2.75, 3.05) is 26.2 Å². The number of nitrogens with zero attached hydrogens (tertiary/aromatic N) is 5. The smallest absolute Gasteiger partial charge is 0.245 e. The number of aromatic amines is 1. The van der Waals surface area contributed by atoms with E-state index in [1.54, 1.807) is 23.1 Å². The van der Waals surface area contributed by atoms with Gasteiger partial charge in [-0.25, -0.2) is 13.4 Å². The van der Waals surface area contributed by atoms with Gasteiger partial charge in [0.05, 0.1) is 22.8 Å². The first-order valence-corrected chi connectivity index (χ1v) is 12.6. The number of rotatable bonds is 6. The van der Waals surface area contributed by atoms with Crippen LogP contribution < -0.4 is 0 Å². The number of piperazine rings is 1. The summed E-state index contributed by atoms with van der Waals surface area (Å²) in [5.41, 5.74) is 2.90. The molecule has 0 atom stereocenters. The number of aromatic nitrogens is 4. The van der Waals surface area contributed by atoms with Crippen molar-refractivity contribution in [2.45, 2.75) is 24.2 Å². The van der Waals surface area contributed by atoms with Crippen molar-refractivity contribution in [2.24, 2.45) is 0 Å². The van der Waals surface area contributed by atoms with E-state index < -0.39 is 10.0 Å². The first-order chi connectivity index (χ1) is 15.5. The van der Waals surface area contributed by atoms with Crippen LogP contribution in [-0.2, 0) is 21.2 Å². The first kappa shape index (κ1) is 21.0. The summed E-state index contributed by atoms with van der Waals surface area (Å²) in [7, 11) is -3.69. The Labute approximate surface area is 189 Å². The van der Waals surface area contributed by atoms with E-state index in [4.69, 9.17) is 0 Å². The lowest BCUT2D eigenvalue weighted by molar-refractivity contribution is -0.132. The molecule has 2 aromatic heterocycles. The third-order valence-corrected chi connectivity index (χ3v) is 8.17. The van der Waals surface area contributed by atoms with E-state index >= 15 is 0 Å². The number of aryl methyl sites for hydroxylation is 1. The van der Waals surface area contributed by atoms with Gasteiger partial charge in [-0.3, -0.25) is 4.79 Å². The Kier molecular flexibility index (Phi) is 5.62. The second-order valence-corrected chi connectivity index (χ2v) is 10.2. The van der Waals surface area contributed by atoms with E-state index in [1.165, 1.54) is 4.31 Å². The number of nitrogens with one attached hydrogen (secondary N) is 1. The molecule has 1 aliphatic heterocycles.